The lowest BCUT2D eigenvalue weighted by Crippen LogP contribution is -2.33. The monoisotopic (exact) mass is 504 g/mol. The second-order valence-corrected chi connectivity index (χ2v) is 8.02. The van der Waals surface area contributed by atoms with E-state index in [0.717, 1.165) is 23.7 Å². The van der Waals surface area contributed by atoms with Crippen LogP contribution in [0, 0.1) is 11.6 Å². The molecule has 7 nitrogen and oxygen atoms in total. The summed E-state index contributed by atoms with van der Waals surface area (Å²) < 4.78 is 76.3. The molecule has 2 aromatic heterocycles. The van der Waals surface area contributed by atoms with Gasteiger partial charge in [0.1, 0.15) is 34.4 Å². The van der Waals surface area contributed by atoms with Crippen molar-refractivity contribution in [3.05, 3.63) is 47.4 Å². The molecule has 0 bridgehead atoms. The minimum atomic E-state index is -4.66. The Morgan fingerprint density at radius 2 is 1.82 bits per heavy atom. The predicted molar refractivity (Wildman–Crippen MR) is 117 cm³/mol. The van der Waals surface area contributed by atoms with E-state index in [9.17, 15) is 13.2 Å². The van der Waals surface area contributed by atoms with E-state index < -0.39 is 46.0 Å². The molecule has 0 aliphatic rings. The molecule has 0 spiro atoms. The van der Waals surface area contributed by atoms with Gasteiger partial charge in [0.15, 0.2) is 0 Å². The predicted octanol–water partition coefficient (Wildman–Crippen LogP) is 4.95. The zero-order chi connectivity index (χ0) is 25.0. The first-order valence-electron chi connectivity index (χ1n) is 10.1. The molecule has 13 heteroatoms. The number of nitrogens with one attached hydrogen (secondary N) is 1. The van der Waals surface area contributed by atoms with Crippen molar-refractivity contribution in [3.63, 3.8) is 0 Å². The van der Waals surface area contributed by atoms with Gasteiger partial charge in [-0.1, -0.05) is 11.6 Å². The van der Waals surface area contributed by atoms with Crippen LogP contribution in [0.3, 0.4) is 0 Å². The highest BCUT2D eigenvalue weighted by atomic mass is 35.5. The molecule has 0 aliphatic heterocycles. The molecule has 0 saturated heterocycles. The fraction of sp³-hybridized carbons (Fsp3) is 0.381. The normalized spacial score (nSPS) is 12.8. The summed E-state index contributed by atoms with van der Waals surface area (Å²) in [6.07, 6.45) is -1.21. The van der Waals surface area contributed by atoms with Gasteiger partial charge in [0.2, 0.25) is 0 Å². The molecule has 34 heavy (non-hydrogen) atoms. The van der Waals surface area contributed by atoms with Gasteiger partial charge in [-0.3, -0.25) is 0 Å². The van der Waals surface area contributed by atoms with Gasteiger partial charge in [0.25, 0.3) is 5.95 Å². The SMILES string of the molecule is C[C@@H](Nc1nc(-n2cccn2)nc(Cl)c1-c1c(F)cc(OCCCN(C)C)cc1F)C(F)(F)F. The van der Waals surface area contributed by atoms with Crippen molar-refractivity contribution >= 4 is 17.4 Å². The van der Waals surface area contributed by atoms with Crippen molar-refractivity contribution in [1.82, 2.24) is 24.6 Å². The summed E-state index contributed by atoms with van der Waals surface area (Å²) in [4.78, 5) is 9.91. The van der Waals surface area contributed by atoms with E-state index in [4.69, 9.17) is 16.3 Å². The fourth-order valence-electron chi connectivity index (χ4n) is 2.97. The topological polar surface area (TPSA) is 68.1 Å². The molecule has 0 saturated carbocycles. The zero-order valence-electron chi connectivity index (χ0n) is 18.5. The van der Waals surface area contributed by atoms with Crippen LogP contribution >= 0.6 is 11.6 Å². The number of nitrogens with zero attached hydrogens (tertiary/aromatic N) is 5. The molecular weight excluding hydrogens is 483 g/mol. The Hall–Kier alpha value is -2.99. The second kappa shape index (κ2) is 10.5. The minimum Gasteiger partial charge on any atom is -0.493 e. The summed E-state index contributed by atoms with van der Waals surface area (Å²) >= 11 is 6.22. The Morgan fingerprint density at radius 1 is 1.15 bits per heavy atom. The standard InChI is InChI=1S/C21H22ClF5N6O/c1-12(21(25,26)27)29-19-17(18(22)30-20(31-19)33-8-4-6-28-33)16-14(23)10-13(11-15(16)24)34-9-5-7-32(2)3/h4,6,8,10-12H,5,7,9H2,1-3H3,(H,29,30,31)/t12-/m1/s1. The van der Waals surface area contributed by atoms with Crippen LogP contribution < -0.4 is 10.1 Å². The van der Waals surface area contributed by atoms with Crippen LogP contribution in [0.2, 0.25) is 5.15 Å². The number of hydrogen-bond donors (Lipinski definition) is 1. The van der Waals surface area contributed by atoms with Crippen LogP contribution in [0.1, 0.15) is 13.3 Å². The highest BCUT2D eigenvalue weighted by molar-refractivity contribution is 6.32. The van der Waals surface area contributed by atoms with E-state index in [1.54, 1.807) is 0 Å². The third kappa shape index (κ3) is 6.11. The van der Waals surface area contributed by atoms with Gasteiger partial charge in [-0.2, -0.15) is 28.2 Å². The van der Waals surface area contributed by atoms with E-state index in [1.165, 1.54) is 18.5 Å². The van der Waals surface area contributed by atoms with Gasteiger partial charge < -0.3 is 15.0 Å². The maximum absolute atomic E-state index is 15.0. The lowest BCUT2D eigenvalue weighted by atomic mass is 10.1. The molecule has 0 aliphatic carbocycles. The van der Waals surface area contributed by atoms with Gasteiger partial charge in [-0.05, 0) is 33.5 Å². The molecule has 1 atom stereocenters. The van der Waals surface area contributed by atoms with Crippen LogP contribution in [0.4, 0.5) is 27.8 Å². The van der Waals surface area contributed by atoms with Gasteiger partial charge in [-0.25, -0.2) is 13.5 Å². The van der Waals surface area contributed by atoms with Crippen LogP contribution in [0.5, 0.6) is 5.75 Å². The van der Waals surface area contributed by atoms with Gasteiger partial charge in [-0.15, -0.1) is 0 Å². The molecule has 2 heterocycles. The first-order chi connectivity index (χ1) is 16.0. The van der Waals surface area contributed by atoms with Crippen LogP contribution in [-0.4, -0.2) is 64.1 Å². The number of alkyl halides is 3. The van der Waals surface area contributed by atoms with Crippen LogP contribution in [0.25, 0.3) is 17.1 Å². The Labute approximate surface area is 197 Å². The summed E-state index contributed by atoms with van der Waals surface area (Å²) in [7, 11) is 3.76. The molecule has 3 aromatic rings. The number of anilines is 1. The maximum atomic E-state index is 15.0. The fourth-order valence-corrected chi connectivity index (χ4v) is 3.23. The zero-order valence-corrected chi connectivity index (χ0v) is 19.3. The molecule has 0 radical (unpaired) electrons. The molecule has 0 fully saturated rings. The Morgan fingerprint density at radius 3 is 2.38 bits per heavy atom. The van der Waals surface area contributed by atoms with Gasteiger partial charge in [0.05, 0.1) is 17.7 Å². The van der Waals surface area contributed by atoms with Crippen LogP contribution in [0.15, 0.2) is 30.6 Å². The summed E-state index contributed by atoms with van der Waals surface area (Å²) in [6.45, 7) is 1.77. The van der Waals surface area contributed by atoms with E-state index in [0.29, 0.717) is 13.0 Å². The van der Waals surface area contributed by atoms with Gasteiger partial charge >= 0.3 is 6.18 Å². The average Bonchev–Trinajstić information content (AvgIpc) is 3.26. The van der Waals surface area contributed by atoms with E-state index in [-0.39, 0.29) is 18.3 Å². The lowest BCUT2D eigenvalue weighted by molar-refractivity contribution is -0.138. The molecule has 1 aromatic carbocycles. The Bertz CT molecular complexity index is 1100. The number of rotatable bonds is 9. The number of halogens is 6. The average molecular weight is 505 g/mol. The molecule has 1 N–H and O–H groups in total. The Balaban J connectivity index is 2.03. The molecule has 0 amide bonds. The minimum absolute atomic E-state index is 0.0686. The van der Waals surface area contributed by atoms with Crippen molar-refractivity contribution in [3.8, 4) is 22.8 Å². The summed E-state index contributed by atoms with van der Waals surface area (Å²) in [5, 5.41) is 5.59. The summed E-state index contributed by atoms with van der Waals surface area (Å²) in [5.74, 6) is -2.95. The highest BCUT2D eigenvalue weighted by Gasteiger charge is 2.37. The first-order valence-corrected chi connectivity index (χ1v) is 10.5. The third-order valence-electron chi connectivity index (χ3n) is 4.69. The van der Waals surface area contributed by atoms with Crippen molar-refractivity contribution in [2.75, 3.05) is 32.6 Å². The Kier molecular flexibility index (Phi) is 7.93. The molecule has 184 valence electrons. The number of benzene rings is 1. The van der Waals surface area contributed by atoms with Gasteiger partial charge in [0, 0.05) is 31.1 Å². The third-order valence-corrected chi connectivity index (χ3v) is 4.96. The summed E-state index contributed by atoms with van der Waals surface area (Å²) in [6, 6.07) is 1.30. The number of aromatic nitrogens is 4. The smallest absolute Gasteiger partial charge is 0.408 e. The van der Waals surface area contributed by atoms with Crippen molar-refractivity contribution in [2.45, 2.75) is 25.6 Å². The first kappa shape index (κ1) is 25.6. The van der Waals surface area contributed by atoms with E-state index >= 15 is 8.78 Å². The number of ether oxygens (including phenoxy) is 1. The van der Waals surface area contributed by atoms with Crippen molar-refractivity contribution < 1.29 is 26.7 Å². The number of hydrogen-bond acceptors (Lipinski definition) is 6. The highest BCUT2D eigenvalue weighted by Crippen LogP contribution is 2.39. The maximum Gasteiger partial charge on any atom is 0.408 e. The summed E-state index contributed by atoms with van der Waals surface area (Å²) in [5.41, 5.74) is -1.14. The quantitative estimate of drug-likeness (QED) is 0.252. The molecular formula is C21H22ClF5N6O. The largest absolute Gasteiger partial charge is 0.493 e. The van der Waals surface area contributed by atoms with Crippen LogP contribution in [-0.2, 0) is 0 Å². The van der Waals surface area contributed by atoms with Crippen molar-refractivity contribution in [1.29, 1.82) is 0 Å². The van der Waals surface area contributed by atoms with Crippen molar-refractivity contribution in [2.24, 2.45) is 0 Å². The molecule has 0 unspecified atom stereocenters. The molecule has 3 rings (SSSR count). The van der Waals surface area contributed by atoms with E-state index in [1.807, 2.05) is 19.0 Å². The van der Waals surface area contributed by atoms with E-state index in [2.05, 4.69) is 20.4 Å². The lowest BCUT2D eigenvalue weighted by Gasteiger charge is -2.21. The second-order valence-electron chi connectivity index (χ2n) is 7.66.